The predicted molar refractivity (Wildman–Crippen MR) is 81.6 cm³/mol. The Hall–Kier alpha value is -0.770. The first-order chi connectivity index (χ1) is 9.26. The molecule has 1 saturated heterocycles. The van der Waals surface area contributed by atoms with Crippen molar-refractivity contribution in [3.05, 3.63) is 0 Å². The Morgan fingerprint density at radius 2 is 1.40 bits per heavy atom. The van der Waals surface area contributed by atoms with Crippen molar-refractivity contribution in [3.8, 4) is 0 Å². The number of nitrogens with two attached hydrogens (primary N) is 1. The smallest absolute Gasteiger partial charge is 0.315 e. The Kier molecular flexibility index (Phi) is 4.62. The van der Waals surface area contributed by atoms with Crippen LogP contribution in [0.5, 0.6) is 0 Å². The summed E-state index contributed by atoms with van der Waals surface area (Å²) in [5.41, 5.74) is 0.398. The second-order valence-corrected chi connectivity index (χ2v) is 8.18. The minimum atomic E-state index is 0.0374. The first-order valence-electron chi connectivity index (χ1n) is 8.20. The van der Waals surface area contributed by atoms with Gasteiger partial charge in [0.15, 0.2) is 0 Å². The minimum absolute atomic E-state index is 0.0374. The average Bonchev–Trinajstić information content (AvgIpc) is 2.25. The molecule has 2 fully saturated rings. The van der Waals surface area contributed by atoms with E-state index in [4.69, 9.17) is 0 Å². The molecule has 4 nitrogen and oxygen atoms in total. The molecule has 0 radical (unpaired) electrons. The molecule has 116 valence electrons. The van der Waals surface area contributed by atoms with Gasteiger partial charge in [-0.2, -0.15) is 0 Å². The minimum Gasteiger partial charge on any atom is -0.337 e. The molecule has 0 aromatic heterocycles. The van der Waals surface area contributed by atoms with Crippen LogP contribution in [0.4, 0.5) is 4.79 Å². The van der Waals surface area contributed by atoms with E-state index in [1.807, 2.05) is 0 Å². The van der Waals surface area contributed by atoms with Crippen LogP contribution in [0.2, 0.25) is 0 Å². The topological polar surface area (TPSA) is 57.7 Å². The highest BCUT2D eigenvalue weighted by molar-refractivity contribution is 5.74. The molecule has 1 heterocycles. The number of quaternary nitrogens is 1. The van der Waals surface area contributed by atoms with Crippen LogP contribution in [0.1, 0.15) is 72.6 Å². The van der Waals surface area contributed by atoms with Gasteiger partial charge < -0.3 is 16.0 Å². The van der Waals surface area contributed by atoms with E-state index in [0.29, 0.717) is 6.04 Å². The Bertz CT molecular complexity index is 330. The molecule has 1 saturated carbocycles. The lowest BCUT2D eigenvalue weighted by Gasteiger charge is -2.43. The van der Waals surface area contributed by atoms with Gasteiger partial charge in [0.25, 0.3) is 0 Å². The zero-order chi connectivity index (χ0) is 14.8. The summed E-state index contributed by atoms with van der Waals surface area (Å²) < 4.78 is 0. The molecule has 2 amide bonds. The SMILES string of the molecule is CC1(C)CC(NC(=O)NC2CCCCC2)CC(C)(C)[NH2+]1. The van der Waals surface area contributed by atoms with Gasteiger partial charge in [-0.25, -0.2) is 4.79 Å². The van der Waals surface area contributed by atoms with Crippen molar-refractivity contribution in [1.29, 1.82) is 0 Å². The maximum Gasteiger partial charge on any atom is 0.315 e. The van der Waals surface area contributed by atoms with Gasteiger partial charge in [0.2, 0.25) is 0 Å². The number of hydrogen-bond donors (Lipinski definition) is 3. The quantitative estimate of drug-likeness (QED) is 0.712. The molecular weight excluding hydrogens is 250 g/mol. The standard InChI is InChI=1S/C16H31N3O/c1-15(2)10-13(11-16(3,4)19-15)18-14(20)17-12-8-6-5-7-9-12/h12-13,19H,5-11H2,1-4H3,(H2,17,18,20)/p+1. The summed E-state index contributed by atoms with van der Waals surface area (Å²) in [4.78, 5) is 12.2. The van der Waals surface area contributed by atoms with Crippen molar-refractivity contribution in [2.24, 2.45) is 0 Å². The number of rotatable bonds is 2. The van der Waals surface area contributed by atoms with Crippen LogP contribution in [0.15, 0.2) is 0 Å². The maximum atomic E-state index is 12.2. The van der Waals surface area contributed by atoms with Gasteiger partial charge in [-0.1, -0.05) is 19.3 Å². The van der Waals surface area contributed by atoms with E-state index >= 15 is 0 Å². The lowest BCUT2D eigenvalue weighted by Crippen LogP contribution is -3.06. The molecule has 0 atom stereocenters. The number of amides is 2. The molecule has 20 heavy (non-hydrogen) atoms. The van der Waals surface area contributed by atoms with Crippen molar-refractivity contribution in [1.82, 2.24) is 10.6 Å². The highest BCUT2D eigenvalue weighted by Crippen LogP contribution is 2.22. The molecule has 2 rings (SSSR count). The molecule has 0 aromatic rings. The first-order valence-corrected chi connectivity index (χ1v) is 8.20. The summed E-state index contributed by atoms with van der Waals surface area (Å²) >= 11 is 0. The lowest BCUT2D eigenvalue weighted by atomic mass is 9.80. The molecular formula is C16H32N3O+. The van der Waals surface area contributed by atoms with Gasteiger partial charge in [0, 0.05) is 24.9 Å². The van der Waals surface area contributed by atoms with Crippen LogP contribution in [-0.2, 0) is 0 Å². The fourth-order valence-corrected chi connectivity index (χ4v) is 4.28. The van der Waals surface area contributed by atoms with Crippen LogP contribution < -0.4 is 16.0 Å². The summed E-state index contributed by atoms with van der Waals surface area (Å²) in [5.74, 6) is 0. The molecule has 1 aliphatic carbocycles. The van der Waals surface area contributed by atoms with E-state index in [2.05, 4.69) is 43.6 Å². The Morgan fingerprint density at radius 3 is 1.95 bits per heavy atom. The van der Waals surface area contributed by atoms with Crippen LogP contribution in [0.25, 0.3) is 0 Å². The summed E-state index contributed by atoms with van der Waals surface area (Å²) in [6.07, 6.45) is 8.18. The Balaban J connectivity index is 1.83. The predicted octanol–water partition coefficient (Wildman–Crippen LogP) is 1.90. The Labute approximate surface area is 123 Å². The molecule has 4 heteroatoms. The number of nitrogens with one attached hydrogen (secondary N) is 2. The summed E-state index contributed by atoms with van der Waals surface area (Å²) in [6, 6.07) is 0.712. The van der Waals surface area contributed by atoms with Crippen LogP contribution in [0, 0.1) is 0 Å². The zero-order valence-electron chi connectivity index (χ0n) is 13.6. The van der Waals surface area contributed by atoms with E-state index < -0.39 is 0 Å². The van der Waals surface area contributed by atoms with Gasteiger partial charge in [-0.05, 0) is 40.5 Å². The monoisotopic (exact) mass is 282 g/mol. The number of piperidine rings is 1. The molecule has 0 spiro atoms. The van der Waals surface area contributed by atoms with Crippen molar-refractivity contribution in [2.45, 2.75) is 95.8 Å². The number of carbonyl (C=O) groups excluding carboxylic acids is 1. The van der Waals surface area contributed by atoms with E-state index in [9.17, 15) is 4.79 Å². The number of urea groups is 1. The van der Waals surface area contributed by atoms with Gasteiger partial charge >= 0.3 is 6.03 Å². The third kappa shape index (κ3) is 4.65. The summed E-state index contributed by atoms with van der Waals surface area (Å²) in [7, 11) is 0. The second-order valence-electron chi connectivity index (χ2n) is 8.18. The lowest BCUT2D eigenvalue weighted by molar-refractivity contribution is -0.787. The van der Waals surface area contributed by atoms with Crippen LogP contribution in [-0.4, -0.2) is 29.2 Å². The summed E-state index contributed by atoms with van der Waals surface area (Å²) in [5, 5.41) is 8.81. The maximum absolute atomic E-state index is 12.2. The second kappa shape index (κ2) is 5.92. The highest BCUT2D eigenvalue weighted by atomic mass is 16.2. The first kappa shape index (κ1) is 15.6. The largest absolute Gasteiger partial charge is 0.337 e. The van der Waals surface area contributed by atoms with Gasteiger partial charge in [0.1, 0.15) is 0 Å². The fraction of sp³-hybridized carbons (Fsp3) is 0.938. The van der Waals surface area contributed by atoms with E-state index in [-0.39, 0.29) is 23.2 Å². The van der Waals surface area contributed by atoms with Gasteiger partial charge in [-0.15, -0.1) is 0 Å². The third-order valence-electron chi connectivity index (χ3n) is 4.60. The molecule has 4 N–H and O–H groups in total. The normalized spacial score (nSPS) is 27.0. The average molecular weight is 282 g/mol. The van der Waals surface area contributed by atoms with Gasteiger partial charge in [0.05, 0.1) is 11.1 Å². The molecule has 1 aliphatic heterocycles. The fourth-order valence-electron chi connectivity index (χ4n) is 4.28. The number of carbonyl (C=O) groups is 1. The Morgan fingerprint density at radius 1 is 0.900 bits per heavy atom. The van der Waals surface area contributed by atoms with Crippen molar-refractivity contribution < 1.29 is 10.1 Å². The van der Waals surface area contributed by atoms with E-state index in [1.165, 1.54) is 19.3 Å². The van der Waals surface area contributed by atoms with Crippen molar-refractivity contribution in [2.75, 3.05) is 0 Å². The highest BCUT2D eigenvalue weighted by Gasteiger charge is 2.42. The molecule has 0 aromatic carbocycles. The van der Waals surface area contributed by atoms with E-state index in [0.717, 1.165) is 25.7 Å². The number of hydrogen-bond acceptors (Lipinski definition) is 1. The molecule has 0 unspecified atom stereocenters. The van der Waals surface area contributed by atoms with Crippen molar-refractivity contribution >= 4 is 6.03 Å². The zero-order valence-corrected chi connectivity index (χ0v) is 13.6. The van der Waals surface area contributed by atoms with Crippen LogP contribution >= 0.6 is 0 Å². The van der Waals surface area contributed by atoms with Gasteiger partial charge in [-0.3, -0.25) is 0 Å². The molecule has 0 bridgehead atoms. The third-order valence-corrected chi connectivity index (χ3v) is 4.60. The van der Waals surface area contributed by atoms with Crippen LogP contribution in [0.3, 0.4) is 0 Å². The van der Waals surface area contributed by atoms with Crippen molar-refractivity contribution in [3.63, 3.8) is 0 Å². The summed E-state index contributed by atoms with van der Waals surface area (Å²) in [6.45, 7) is 9.06. The van der Waals surface area contributed by atoms with E-state index in [1.54, 1.807) is 0 Å². The molecule has 2 aliphatic rings.